The van der Waals surface area contributed by atoms with E-state index < -0.39 is 0 Å². The average Bonchev–Trinajstić information content (AvgIpc) is 4.05. The largest absolute Gasteiger partial charge is 0.486 e. The van der Waals surface area contributed by atoms with E-state index in [1.54, 1.807) is 24.4 Å². The normalized spacial score (nSPS) is 15.6. The monoisotopic (exact) mass is 1130 g/mol. The summed E-state index contributed by atoms with van der Waals surface area (Å²) in [5.41, 5.74) is 2.86. The van der Waals surface area contributed by atoms with Crippen LogP contribution in [0.2, 0.25) is 5.02 Å². The number of carbonyl (C=O) groups excluding carboxylic acids is 5. The first-order valence-corrected chi connectivity index (χ1v) is 28.9. The Bertz CT molecular complexity index is 2530. The number of aromatic nitrogens is 3. The predicted octanol–water partition coefficient (Wildman–Crippen LogP) is 7.33. The maximum Gasteiger partial charge on any atom is 0.248 e. The molecule has 6 rings (SSSR count). The second kappa shape index (κ2) is 36.0. The fourth-order valence-electron chi connectivity index (χ4n) is 8.73. The van der Waals surface area contributed by atoms with Crippen molar-refractivity contribution in [2.45, 2.75) is 94.9 Å². The van der Waals surface area contributed by atoms with Gasteiger partial charge in [-0.05, 0) is 107 Å². The smallest absolute Gasteiger partial charge is 0.248 e. The molecule has 22 heteroatoms. The molecule has 2 aromatic heterocycles. The van der Waals surface area contributed by atoms with Gasteiger partial charge < -0.3 is 61.1 Å². The van der Waals surface area contributed by atoms with Gasteiger partial charge in [-0.25, -0.2) is 9.97 Å². The molecule has 3 atom stereocenters. The number of amides is 5. The number of nitrogens with zero attached hydrogens (tertiary/aromatic N) is 4. The Labute approximate surface area is 473 Å². The summed E-state index contributed by atoms with van der Waals surface area (Å²) in [7, 11) is 1.98. The van der Waals surface area contributed by atoms with Gasteiger partial charge in [-0.1, -0.05) is 36.2 Å². The lowest BCUT2D eigenvalue weighted by Gasteiger charge is -2.15. The predicted molar refractivity (Wildman–Crippen MR) is 309 cm³/mol. The Morgan fingerprint density at radius 1 is 0.722 bits per heavy atom. The van der Waals surface area contributed by atoms with Crippen LogP contribution in [0.3, 0.4) is 0 Å². The highest BCUT2D eigenvalue weighted by atomic mass is 35.5. The molecule has 79 heavy (non-hydrogen) atoms. The first-order valence-electron chi connectivity index (χ1n) is 27.4. The lowest BCUT2D eigenvalue weighted by atomic mass is 9.94. The van der Waals surface area contributed by atoms with Gasteiger partial charge in [-0.3, -0.25) is 29.0 Å². The Morgan fingerprint density at radius 2 is 1.38 bits per heavy atom. The zero-order valence-electron chi connectivity index (χ0n) is 45.3. The first-order chi connectivity index (χ1) is 38.6. The van der Waals surface area contributed by atoms with Gasteiger partial charge in [0.15, 0.2) is 0 Å². The molecule has 0 radical (unpaired) electrons. The minimum absolute atomic E-state index is 0.0681. The number of benzene rings is 2. The van der Waals surface area contributed by atoms with Crippen LogP contribution in [0.5, 0.6) is 5.75 Å². The molecule has 2 aliphatic heterocycles. The van der Waals surface area contributed by atoms with E-state index in [4.69, 9.17) is 30.5 Å². The van der Waals surface area contributed by atoms with E-state index in [9.17, 15) is 24.0 Å². The average molecular weight is 1130 g/mol. The van der Waals surface area contributed by atoms with Gasteiger partial charge in [0, 0.05) is 123 Å². The van der Waals surface area contributed by atoms with Crippen LogP contribution in [0.25, 0.3) is 0 Å². The first kappa shape index (κ1) is 61.8. The molecule has 2 saturated heterocycles. The van der Waals surface area contributed by atoms with E-state index in [0.29, 0.717) is 150 Å². The number of rotatable bonds is 39. The van der Waals surface area contributed by atoms with Crippen LogP contribution in [0.4, 0.5) is 28.7 Å². The molecule has 4 aromatic rings. The highest BCUT2D eigenvalue weighted by molar-refractivity contribution is 8.00. The molecule has 5 amide bonds. The van der Waals surface area contributed by atoms with Crippen molar-refractivity contribution in [2.75, 3.05) is 101 Å². The molecule has 0 unspecified atom stereocenters. The number of thioether (sulfide) groups is 1. The molecule has 20 nitrogen and oxygen atoms in total. The van der Waals surface area contributed by atoms with Crippen molar-refractivity contribution in [2.24, 2.45) is 5.92 Å². The number of unbranched alkanes of at least 4 members (excludes halogenated alkanes) is 2. The number of halogens is 1. The summed E-state index contributed by atoms with van der Waals surface area (Å²) in [6.07, 6.45) is 14.8. The standard InChI is InChI=1S/C57H78ClN11O9S/c1-69(28-10-20-56(73)67-43-15-8-14-42(35-43)65-51-38-52(64-41-63-51)66-44-21-22-49(47(58)36-44)78-39-45-13-4-5-23-59-45)27-7-6-24-60-54(71)18-9-19-55(72)62-26-12-30-76-32-34-77-33-31-75-29-11-25-61-53(70)17-3-2-16-50-46-37-57(74)68-48(46)40-79-50/h4-5,8,10,13-15,20-23,35-36,38,41,46,48,50H,2-3,6-7,9,11-12,16-19,24-34,37,39-40H2,1H3,(H,60,71)(H,61,70)(H,62,72)(H,67,73)(H,68,74)(H2,63,64,65,66)/b20-10+/t46-,48-,50-/m0/s1. The van der Waals surface area contributed by atoms with Crippen molar-refractivity contribution in [1.29, 1.82) is 0 Å². The molecule has 2 aromatic carbocycles. The molecule has 0 spiro atoms. The van der Waals surface area contributed by atoms with Gasteiger partial charge in [-0.15, -0.1) is 0 Å². The second-order valence-electron chi connectivity index (χ2n) is 19.3. The zero-order chi connectivity index (χ0) is 55.7. The number of nitrogens with one attached hydrogen (secondary N) is 7. The van der Waals surface area contributed by atoms with Crippen LogP contribution in [0.1, 0.15) is 82.7 Å². The SMILES string of the molecule is CN(C/C=C/C(=O)Nc1cccc(Nc2cc(Nc3ccc(OCc4ccccn4)c(Cl)c3)ncn2)c1)CCCCNC(=O)CCCC(=O)NCCCOCCOCCOCCCNC(=O)CCCC[C@@H]1SC[C@@H]2NC(=O)C[C@@H]21. The van der Waals surface area contributed by atoms with E-state index in [-0.39, 0.29) is 36.0 Å². The summed E-state index contributed by atoms with van der Waals surface area (Å²) < 4.78 is 22.6. The third-order valence-electron chi connectivity index (χ3n) is 12.9. The lowest BCUT2D eigenvalue weighted by molar-refractivity contribution is -0.123. The third-order valence-corrected chi connectivity index (χ3v) is 14.7. The molecule has 428 valence electrons. The quantitative estimate of drug-likeness (QED) is 0.0171. The molecule has 0 bridgehead atoms. The third kappa shape index (κ3) is 25.1. The maximum atomic E-state index is 12.7. The Hall–Kier alpha value is -6.36. The van der Waals surface area contributed by atoms with E-state index >= 15 is 0 Å². The van der Waals surface area contributed by atoms with Gasteiger partial charge in [-0.2, -0.15) is 11.8 Å². The topological polar surface area (TPSA) is 248 Å². The molecule has 7 N–H and O–H groups in total. The number of ether oxygens (including phenoxy) is 4. The number of hydrogen-bond acceptors (Lipinski definition) is 16. The van der Waals surface area contributed by atoms with Crippen molar-refractivity contribution >= 4 is 81.6 Å². The Balaban J connectivity index is 0.681. The summed E-state index contributed by atoms with van der Waals surface area (Å²) in [5, 5.41) is 22.2. The number of likely N-dealkylation sites (N-methyl/N-ethyl adjacent to an activating group) is 1. The zero-order valence-corrected chi connectivity index (χ0v) is 46.9. The molecule has 4 heterocycles. The van der Waals surface area contributed by atoms with E-state index in [2.05, 4.69) is 57.1 Å². The Kier molecular flexibility index (Phi) is 28.2. The van der Waals surface area contributed by atoms with Crippen LogP contribution in [0, 0.1) is 5.92 Å². The fourth-order valence-corrected chi connectivity index (χ4v) is 10.6. The van der Waals surface area contributed by atoms with Crippen LogP contribution < -0.4 is 42.0 Å². The number of pyridine rings is 1. The van der Waals surface area contributed by atoms with Gasteiger partial charge in [0.2, 0.25) is 29.5 Å². The summed E-state index contributed by atoms with van der Waals surface area (Å²) in [4.78, 5) is 76.1. The van der Waals surface area contributed by atoms with Crippen molar-refractivity contribution in [1.82, 2.24) is 41.1 Å². The highest BCUT2D eigenvalue weighted by Gasteiger charge is 2.42. The highest BCUT2D eigenvalue weighted by Crippen LogP contribution is 2.40. The summed E-state index contributed by atoms with van der Waals surface area (Å²) in [6.45, 7) is 6.23. The molecule has 2 aliphatic rings. The fraction of sp³-hybridized carbons (Fsp3) is 0.509. The molecular formula is C57H78ClN11O9S. The van der Waals surface area contributed by atoms with Crippen molar-refractivity contribution in [3.63, 3.8) is 0 Å². The van der Waals surface area contributed by atoms with Crippen LogP contribution in [0.15, 0.2) is 91.4 Å². The number of anilines is 5. The van der Waals surface area contributed by atoms with Crippen molar-refractivity contribution in [3.8, 4) is 5.75 Å². The number of fused-ring (bicyclic) bond motifs is 1. The van der Waals surface area contributed by atoms with Crippen LogP contribution in [-0.2, 0) is 44.8 Å². The van der Waals surface area contributed by atoms with Gasteiger partial charge >= 0.3 is 0 Å². The van der Waals surface area contributed by atoms with Gasteiger partial charge in [0.05, 0.1) is 37.1 Å². The molecule has 0 aliphatic carbocycles. The van der Waals surface area contributed by atoms with E-state index in [0.717, 1.165) is 67.9 Å². The van der Waals surface area contributed by atoms with E-state index in [1.807, 2.05) is 73.4 Å². The van der Waals surface area contributed by atoms with Crippen LogP contribution in [-0.4, -0.2) is 146 Å². The van der Waals surface area contributed by atoms with Gasteiger partial charge in [0.25, 0.3) is 0 Å². The Morgan fingerprint density at radius 3 is 2.06 bits per heavy atom. The summed E-state index contributed by atoms with van der Waals surface area (Å²) >= 11 is 8.46. The lowest BCUT2D eigenvalue weighted by Crippen LogP contribution is -2.29. The molecule has 0 saturated carbocycles. The summed E-state index contributed by atoms with van der Waals surface area (Å²) in [5.74, 6) is 2.97. The minimum Gasteiger partial charge on any atom is -0.486 e. The molecule has 2 fully saturated rings. The number of carbonyl (C=O) groups is 5. The van der Waals surface area contributed by atoms with Crippen molar-refractivity contribution in [3.05, 3.63) is 102 Å². The molecular weight excluding hydrogens is 1050 g/mol. The number of hydrogen-bond donors (Lipinski definition) is 7. The van der Waals surface area contributed by atoms with Crippen molar-refractivity contribution < 1.29 is 42.9 Å². The summed E-state index contributed by atoms with van der Waals surface area (Å²) in [6, 6.07) is 20.5. The maximum absolute atomic E-state index is 12.7. The second-order valence-corrected chi connectivity index (χ2v) is 21.0. The van der Waals surface area contributed by atoms with E-state index in [1.165, 1.54) is 12.4 Å². The van der Waals surface area contributed by atoms with Gasteiger partial charge in [0.1, 0.15) is 30.3 Å². The minimum atomic E-state index is -0.251. The van der Waals surface area contributed by atoms with Crippen LogP contribution >= 0.6 is 23.4 Å².